The van der Waals surface area contributed by atoms with Gasteiger partial charge in [0.15, 0.2) is 0 Å². The molecule has 0 aromatic carbocycles. The van der Waals surface area contributed by atoms with Crippen molar-refractivity contribution < 1.29 is 17.4 Å². The van der Waals surface area contributed by atoms with Gasteiger partial charge in [-0.05, 0) is 0 Å². The minimum absolute atomic E-state index is 0. The van der Waals surface area contributed by atoms with Gasteiger partial charge in [-0.25, -0.2) is 0 Å². The van der Waals surface area contributed by atoms with Crippen LogP contribution in [0.1, 0.15) is 59.8 Å². The van der Waals surface area contributed by atoms with Crippen LogP contribution in [0.2, 0.25) is 9.26 Å². The van der Waals surface area contributed by atoms with E-state index in [9.17, 15) is 0 Å². The first kappa shape index (κ1) is 24.6. The van der Waals surface area contributed by atoms with Gasteiger partial charge in [0.05, 0.1) is 0 Å². The molecule has 0 fully saturated rings. The summed E-state index contributed by atoms with van der Waals surface area (Å²) in [5.74, 6) is 0.745. The van der Waals surface area contributed by atoms with Crippen molar-refractivity contribution in [2.45, 2.75) is 69.1 Å². The molecule has 1 atom stereocenters. The maximum atomic E-state index is 2.69. The molecule has 0 spiro atoms. The smallest absolute Gasteiger partial charge is 0.147 e. The van der Waals surface area contributed by atoms with Gasteiger partial charge in [-0.15, -0.1) is 24.8 Å². The van der Waals surface area contributed by atoms with E-state index in [0.717, 1.165) is 5.92 Å². The molecule has 1 unspecified atom stereocenters. The van der Waals surface area contributed by atoms with E-state index < -0.39 is 17.4 Å². The Balaban J connectivity index is 0.00000264. The number of rotatable bonds is 6. The molecule has 0 aliphatic heterocycles. The van der Waals surface area contributed by atoms with Crippen molar-refractivity contribution in [3.05, 3.63) is 41.5 Å². The van der Waals surface area contributed by atoms with Crippen molar-refractivity contribution in [1.82, 2.24) is 0 Å². The molecular formula is C20H36Cl2SiZr. The summed E-state index contributed by atoms with van der Waals surface area (Å²) >= 11 is -2.99. The fourth-order valence-corrected chi connectivity index (χ4v) is 20.4. The summed E-state index contributed by atoms with van der Waals surface area (Å²) < 4.78 is 9.12. The third kappa shape index (κ3) is 3.98. The van der Waals surface area contributed by atoms with Crippen molar-refractivity contribution in [2.75, 3.05) is 0 Å². The summed E-state index contributed by atoms with van der Waals surface area (Å²) in [6.07, 6.45) is 13.3. The van der Waals surface area contributed by atoms with Crippen LogP contribution in [0.4, 0.5) is 0 Å². The second-order valence-corrected chi connectivity index (χ2v) is 36.6. The second kappa shape index (κ2) is 9.03. The molecule has 0 nitrogen and oxygen atoms in total. The van der Waals surface area contributed by atoms with E-state index in [0.29, 0.717) is 0 Å². The second-order valence-electron chi connectivity index (χ2n) is 7.93. The first-order valence-corrected chi connectivity index (χ1v) is 22.5. The van der Waals surface area contributed by atoms with E-state index in [1.54, 1.807) is 20.0 Å². The zero-order chi connectivity index (χ0) is 16.6. The average Bonchev–Trinajstić information content (AvgIpc) is 3.11. The summed E-state index contributed by atoms with van der Waals surface area (Å²) in [6.45, 7) is 11.9. The quantitative estimate of drug-likeness (QED) is 0.376. The number of allylic oxidation sites excluding steroid dienone is 8. The molecule has 2 rings (SSSR count). The van der Waals surface area contributed by atoms with Gasteiger partial charge in [0.1, 0.15) is 0 Å². The summed E-state index contributed by atoms with van der Waals surface area (Å²) in [6, 6.07) is 0. The van der Waals surface area contributed by atoms with Gasteiger partial charge in [-0.3, -0.25) is 0 Å². The normalized spacial score (nSPS) is 21.0. The molecule has 0 saturated carbocycles. The Morgan fingerprint density at radius 2 is 1.58 bits per heavy atom. The first-order chi connectivity index (χ1) is 10.3. The van der Waals surface area contributed by atoms with Crippen LogP contribution in [0.25, 0.3) is 0 Å². The van der Waals surface area contributed by atoms with Crippen LogP contribution < -0.4 is 0 Å². The summed E-state index contributed by atoms with van der Waals surface area (Å²) in [7, 11) is 0. The third-order valence-electron chi connectivity index (χ3n) is 6.01. The molecule has 0 aromatic rings. The Hall–Kier alpha value is 0.640. The van der Waals surface area contributed by atoms with Gasteiger partial charge in [0.2, 0.25) is 0 Å². The van der Waals surface area contributed by atoms with Crippen LogP contribution >= 0.6 is 24.8 Å². The van der Waals surface area contributed by atoms with Crippen LogP contribution in [-0.4, -0.2) is 6.88 Å². The van der Waals surface area contributed by atoms with Gasteiger partial charge in [-0.2, -0.15) is 0 Å². The Morgan fingerprint density at radius 3 is 1.96 bits per heavy atom. The monoisotopic (exact) mass is 464 g/mol. The van der Waals surface area contributed by atoms with Crippen LogP contribution in [-0.2, 0) is 17.4 Å². The van der Waals surface area contributed by atoms with Crippen LogP contribution in [0, 0.1) is 5.92 Å². The maximum absolute atomic E-state index is 2.99. The van der Waals surface area contributed by atoms with Crippen LogP contribution in [0.15, 0.2) is 41.5 Å². The van der Waals surface area contributed by atoms with Crippen molar-refractivity contribution in [2.24, 2.45) is 5.92 Å². The zero-order valence-corrected chi connectivity index (χ0v) is 21.9. The predicted molar refractivity (Wildman–Crippen MR) is 115 cm³/mol. The Kier molecular flexibility index (Phi) is 9.27. The number of halogens is 2. The van der Waals surface area contributed by atoms with Crippen LogP contribution in [0.3, 0.4) is 0 Å². The van der Waals surface area contributed by atoms with E-state index in [4.69, 9.17) is 0 Å². The Bertz CT molecular complexity index is 659. The Labute approximate surface area is 164 Å². The standard InChI is InChI=1S/C13H21.C5H5.2CH3.2ClH.H2Si.Zr/c1-5-10-9-11(6-2)13(8-4)12(10)7-3;1-2-4-5-3-1;;;;;;/h10H,5-8H2,1-4H3;1-3H,4H2;2*1H3;2*1H;1H2;. The Morgan fingerprint density at radius 1 is 1.00 bits per heavy atom. The molecule has 0 saturated heterocycles. The van der Waals surface area contributed by atoms with E-state index in [2.05, 4.69) is 62.1 Å². The minimum Gasteiger partial charge on any atom is -0.147 e. The molecule has 0 bridgehead atoms. The SMILES string of the molecule is CCC1=C(CC)C(CC)[C]([Zr]([CH3])([CH3])(=[SiH2])[C]2=CC=CC2)=C1CC.Cl.Cl. The van der Waals surface area contributed by atoms with E-state index in [1.807, 2.05) is 3.28 Å². The van der Waals surface area contributed by atoms with Crippen LogP contribution in [0.5, 0.6) is 0 Å². The molecule has 2 aliphatic rings. The van der Waals surface area contributed by atoms with Crippen molar-refractivity contribution in [3.8, 4) is 0 Å². The van der Waals surface area contributed by atoms with Gasteiger partial charge in [-0.1, -0.05) is 0 Å². The van der Waals surface area contributed by atoms with Gasteiger partial charge in [0.25, 0.3) is 0 Å². The van der Waals surface area contributed by atoms with E-state index >= 15 is 0 Å². The zero-order valence-electron chi connectivity index (χ0n) is 16.4. The molecule has 4 heteroatoms. The average molecular weight is 467 g/mol. The molecule has 0 N–H and O–H groups in total. The topological polar surface area (TPSA) is 0 Å². The van der Waals surface area contributed by atoms with Crippen molar-refractivity contribution in [3.63, 3.8) is 0 Å². The minimum atomic E-state index is -2.99. The largest absolute Gasteiger partial charge is 0.147 e. The molecule has 2 aliphatic carbocycles. The van der Waals surface area contributed by atoms with Crippen molar-refractivity contribution >= 4 is 31.7 Å². The van der Waals surface area contributed by atoms with E-state index in [1.165, 1.54) is 32.1 Å². The third-order valence-corrected chi connectivity index (χ3v) is 22.8. The summed E-state index contributed by atoms with van der Waals surface area (Å²) in [5, 5.41) is 0. The summed E-state index contributed by atoms with van der Waals surface area (Å²) in [4.78, 5) is 0. The molecular weight excluding hydrogens is 430 g/mol. The van der Waals surface area contributed by atoms with Gasteiger partial charge in [0, 0.05) is 0 Å². The molecule has 138 valence electrons. The van der Waals surface area contributed by atoms with Crippen molar-refractivity contribution in [1.29, 1.82) is 0 Å². The predicted octanol–water partition coefficient (Wildman–Crippen LogP) is 6.83. The molecule has 0 amide bonds. The van der Waals surface area contributed by atoms with Gasteiger partial charge < -0.3 is 0 Å². The summed E-state index contributed by atoms with van der Waals surface area (Å²) in [5.41, 5.74) is 5.28. The fourth-order valence-electron chi connectivity index (χ4n) is 4.96. The first-order valence-electron chi connectivity index (χ1n) is 9.20. The number of hydrogen-bond donors (Lipinski definition) is 0. The molecule has 0 heterocycles. The number of hydrogen-bond acceptors (Lipinski definition) is 0. The van der Waals surface area contributed by atoms with Gasteiger partial charge >= 0.3 is 141 Å². The molecule has 0 radical (unpaired) electrons. The van der Waals surface area contributed by atoms with E-state index in [-0.39, 0.29) is 24.8 Å². The molecule has 0 aromatic heterocycles. The molecule has 24 heavy (non-hydrogen) atoms. The fraction of sp³-hybridized carbons (Fsp3) is 0.600. The maximum Gasteiger partial charge on any atom is -0.147 e.